The predicted octanol–water partition coefficient (Wildman–Crippen LogP) is 2.47. The van der Waals surface area contributed by atoms with Crippen LogP contribution in [0, 0.1) is 0 Å². The highest BCUT2D eigenvalue weighted by Crippen LogP contribution is 2.34. The first-order chi connectivity index (χ1) is 14.1. The van der Waals surface area contributed by atoms with Gasteiger partial charge in [0.25, 0.3) is 11.5 Å². The maximum atomic E-state index is 12.7. The molecule has 1 aromatic heterocycles. The average Bonchev–Trinajstić information content (AvgIpc) is 3.18. The van der Waals surface area contributed by atoms with Crippen LogP contribution in [0.2, 0.25) is 0 Å². The number of nitrogens with zero attached hydrogens (tertiary/aromatic N) is 1. The summed E-state index contributed by atoms with van der Waals surface area (Å²) < 4.78 is 11.8. The summed E-state index contributed by atoms with van der Waals surface area (Å²) in [5, 5.41) is 5.47. The second-order valence-electron chi connectivity index (χ2n) is 6.28. The Morgan fingerprint density at radius 1 is 0.931 bits per heavy atom. The Bertz CT molecular complexity index is 1140. The lowest BCUT2D eigenvalue weighted by Crippen LogP contribution is -2.27. The molecule has 2 amide bonds. The molecule has 0 unspecified atom stereocenters. The fourth-order valence-corrected chi connectivity index (χ4v) is 2.90. The first kappa shape index (κ1) is 18.3. The molecule has 0 bridgehead atoms. The van der Waals surface area contributed by atoms with Crippen LogP contribution in [0.5, 0.6) is 11.5 Å². The number of hydrogen-bond acceptors (Lipinski definition) is 5. The lowest BCUT2D eigenvalue weighted by atomic mass is 10.1. The van der Waals surface area contributed by atoms with Gasteiger partial charge in [0.05, 0.1) is 11.3 Å². The summed E-state index contributed by atoms with van der Waals surface area (Å²) in [6.45, 7) is -0.0100. The number of aromatic nitrogens is 1. The number of anilines is 2. The average molecular weight is 391 g/mol. The van der Waals surface area contributed by atoms with Gasteiger partial charge in [-0.25, -0.2) is 0 Å². The quantitative estimate of drug-likeness (QED) is 0.696. The number of carbonyl (C=O) groups excluding carboxylic acids is 2. The van der Waals surface area contributed by atoms with Gasteiger partial charge in [-0.05, 0) is 30.3 Å². The molecule has 0 spiro atoms. The van der Waals surface area contributed by atoms with Crippen LogP contribution in [0.3, 0.4) is 0 Å². The number of nitrogens with one attached hydrogen (secondary N) is 2. The molecule has 2 aromatic carbocycles. The van der Waals surface area contributed by atoms with Crippen LogP contribution < -0.4 is 25.7 Å². The molecule has 0 saturated heterocycles. The summed E-state index contributed by atoms with van der Waals surface area (Å²) in [5.74, 6) is 0.364. The van der Waals surface area contributed by atoms with Crippen LogP contribution in [0.25, 0.3) is 0 Å². The molecule has 4 rings (SSSR count). The molecule has 0 fully saturated rings. The first-order valence-corrected chi connectivity index (χ1v) is 8.85. The largest absolute Gasteiger partial charge is 0.454 e. The SMILES string of the molecule is O=C(Cn1ccccc1=O)Nc1ccccc1C(=O)Nc1ccc2c(c1)OCO2. The Balaban J connectivity index is 1.49. The van der Waals surface area contributed by atoms with Crippen LogP contribution in [-0.4, -0.2) is 23.2 Å². The summed E-state index contributed by atoms with van der Waals surface area (Å²) in [6, 6.07) is 16.4. The number of para-hydroxylation sites is 1. The Kier molecular flexibility index (Phi) is 4.98. The summed E-state index contributed by atoms with van der Waals surface area (Å²) in [7, 11) is 0. The van der Waals surface area contributed by atoms with E-state index in [4.69, 9.17) is 9.47 Å². The zero-order chi connectivity index (χ0) is 20.2. The highest BCUT2D eigenvalue weighted by atomic mass is 16.7. The van der Waals surface area contributed by atoms with Crippen molar-refractivity contribution in [3.05, 3.63) is 82.8 Å². The van der Waals surface area contributed by atoms with E-state index in [0.717, 1.165) is 0 Å². The van der Waals surface area contributed by atoms with E-state index in [2.05, 4.69) is 10.6 Å². The molecule has 0 radical (unpaired) electrons. The highest BCUT2D eigenvalue weighted by molar-refractivity contribution is 6.10. The third kappa shape index (κ3) is 4.11. The van der Waals surface area contributed by atoms with E-state index in [0.29, 0.717) is 28.4 Å². The van der Waals surface area contributed by atoms with Gasteiger partial charge in [0, 0.05) is 24.0 Å². The van der Waals surface area contributed by atoms with Gasteiger partial charge in [-0.3, -0.25) is 14.4 Å². The minimum Gasteiger partial charge on any atom is -0.454 e. The number of hydrogen-bond donors (Lipinski definition) is 2. The number of ether oxygens (including phenoxy) is 2. The van der Waals surface area contributed by atoms with Crippen molar-refractivity contribution in [2.45, 2.75) is 6.54 Å². The van der Waals surface area contributed by atoms with Crippen molar-refractivity contribution in [3.8, 4) is 11.5 Å². The second kappa shape index (κ2) is 7.89. The van der Waals surface area contributed by atoms with Gasteiger partial charge in [-0.15, -0.1) is 0 Å². The van der Waals surface area contributed by atoms with Crippen molar-refractivity contribution in [2.24, 2.45) is 0 Å². The van der Waals surface area contributed by atoms with Crippen LogP contribution in [0.15, 0.2) is 71.7 Å². The maximum absolute atomic E-state index is 12.7. The van der Waals surface area contributed by atoms with Crippen molar-refractivity contribution < 1.29 is 19.1 Å². The molecule has 29 heavy (non-hydrogen) atoms. The van der Waals surface area contributed by atoms with Gasteiger partial charge >= 0.3 is 0 Å². The van der Waals surface area contributed by atoms with Gasteiger partial charge in [-0.1, -0.05) is 18.2 Å². The molecular formula is C21H17N3O5. The fourth-order valence-electron chi connectivity index (χ4n) is 2.90. The number of amides is 2. The lowest BCUT2D eigenvalue weighted by Gasteiger charge is -2.12. The van der Waals surface area contributed by atoms with Crippen LogP contribution >= 0.6 is 0 Å². The zero-order valence-corrected chi connectivity index (χ0v) is 15.3. The smallest absolute Gasteiger partial charge is 0.257 e. The highest BCUT2D eigenvalue weighted by Gasteiger charge is 2.17. The molecule has 0 saturated carbocycles. The second-order valence-corrected chi connectivity index (χ2v) is 6.28. The first-order valence-electron chi connectivity index (χ1n) is 8.85. The minimum atomic E-state index is -0.415. The third-order valence-electron chi connectivity index (χ3n) is 4.29. The van der Waals surface area contributed by atoms with Gasteiger partial charge in [0.1, 0.15) is 6.54 Å². The molecule has 8 nitrogen and oxygen atoms in total. The van der Waals surface area contributed by atoms with Crippen molar-refractivity contribution in [1.82, 2.24) is 4.57 Å². The van der Waals surface area contributed by atoms with Crippen molar-refractivity contribution in [2.75, 3.05) is 17.4 Å². The number of pyridine rings is 1. The number of carbonyl (C=O) groups is 2. The Morgan fingerprint density at radius 3 is 2.59 bits per heavy atom. The predicted molar refractivity (Wildman–Crippen MR) is 106 cm³/mol. The third-order valence-corrected chi connectivity index (χ3v) is 4.29. The van der Waals surface area contributed by atoms with Gasteiger partial charge in [0.15, 0.2) is 11.5 Å². The number of fused-ring (bicyclic) bond motifs is 1. The molecule has 2 heterocycles. The Labute approximate surface area is 165 Å². The number of benzene rings is 2. The molecule has 1 aliphatic heterocycles. The van der Waals surface area contributed by atoms with Gasteiger partial charge in [-0.2, -0.15) is 0 Å². The topological polar surface area (TPSA) is 98.7 Å². The summed E-state index contributed by atoms with van der Waals surface area (Å²) in [4.78, 5) is 36.9. The van der Waals surface area contributed by atoms with Crippen molar-refractivity contribution >= 4 is 23.2 Å². The van der Waals surface area contributed by atoms with E-state index < -0.39 is 11.8 Å². The van der Waals surface area contributed by atoms with Crippen molar-refractivity contribution in [1.29, 1.82) is 0 Å². The minimum absolute atomic E-state index is 0.145. The van der Waals surface area contributed by atoms with Crippen LogP contribution in [-0.2, 0) is 11.3 Å². The zero-order valence-electron chi connectivity index (χ0n) is 15.3. The summed E-state index contributed by atoms with van der Waals surface area (Å²) in [6.07, 6.45) is 1.53. The number of rotatable bonds is 5. The van der Waals surface area contributed by atoms with E-state index in [9.17, 15) is 14.4 Å². The normalized spacial score (nSPS) is 11.7. The van der Waals surface area contributed by atoms with E-state index in [1.54, 1.807) is 54.6 Å². The molecule has 0 atom stereocenters. The van der Waals surface area contributed by atoms with Crippen molar-refractivity contribution in [3.63, 3.8) is 0 Å². The molecular weight excluding hydrogens is 374 g/mol. The fraction of sp³-hybridized carbons (Fsp3) is 0.0952. The monoisotopic (exact) mass is 391 g/mol. The molecule has 2 N–H and O–H groups in total. The van der Waals surface area contributed by atoms with Crippen LogP contribution in [0.1, 0.15) is 10.4 Å². The Morgan fingerprint density at radius 2 is 1.72 bits per heavy atom. The van der Waals surface area contributed by atoms with Gasteiger partial charge in [0.2, 0.25) is 12.7 Å². The summed E-state index contributed by atoms with van der Waals surface area (Å²) in [5.41, 5.74) is 0.895. The standard InChI is InChI=1S/C21H17N3O5/c25-19(12-24-10-4-3-7-20(24)26)23-16-6-2-1-5-15(16)21(27)22-14-8-9-17-18(11-14)29-13-28-17/h1-11H,12-13H2,(H,22,27)(H,23,25). The van der Waals surface area contributed by atoms with E-state index in [1.165, 1.54) is 16.8 Å². The van der Waals surface area contributed by atoms with Crippen LogP contribution in [0.4, 0.5) is 11.4 Å². The van der Waals surface area contributed by atoms with E-state index >= 15 is 0 Å². The van der Waals surface area contributed by atoms with E-state index in [-0.39, 0.29) is 18.9 Å². The maximum Gasteiger partial charge on any atom is 0.257 e. The molecule has 1 aliphatic rings. The lowest BCUT2D eigenvalue weighted by molar-refractivity contribution is -0.116. The summed E-state index contributed by atoms with van der Waals surface area (Å²) >= 11 is 0. The molecule has 3 aromatic rings. The molecule has 0 aliphatic carbocycles. The molecule has 146 valence electrons. The van der Waals surface area contributed by atoms with E-state index in [1.807, 2.05) is 0 Å². The molecule has 8 heteroatoms. The Hall–Kier alpha value is -4.07. The van der Waals surface area contributed by atoms with Gasteiger partial charge < -0.3 is 24.7 Å².